The summed E-state index contributed by atoms with van der Waals surface area (Å²) in [6, 6.07) is 6.96. The van der Waals surface area contributed by atoms with E-state index in [0.717, 1.165) is 9.35 Å². The molecule has 0 amide bonds. The van der Waals surface area contributed by atoms with Crippen LogP contribution in [0.4, 0.5) is 0 Å². The van der Waals surface area contributed by atoms with Crippen molar-refractivity contribution in [3.63, 3.8) is 0 Å². The van der Waals surface area contributed by atoms with Gasteiger partial charge in [-0.2, -0.15) is 0 Å². The van der Waals surface area contributed by atoms with Gasteiger partial charge in [0.25, 0.3) is 0 Å². The van der Waals surface area contributed by atoms with E-state index in [4.69, 9.17) is 11.6 Å². The Morgan fingerprint density at radius 1 is 1.47 bits per heavy atom. The number of aryl methyl sites for hydroxylation is 1. The van der Waals surface area contributed by atoms with E-state index in [9.17, 15) is 4.79 Å². The molecule has 6 heteroatoms. The zero-order chi connectivity index (χ0) is 12.3. The van der Waals surface area contributed by atoms with Crippen LogP contribution in [0.25, 0.3) is 0 Å². The van der Waals surface area contributed by atoms with Gasteiger partial charge < -0.3 is 0 Å². The van der Waals surface area contributed by atoms with Crippen LogP contribution >= 0.6 is 34.7 Å². The van der Waals surface area contributed by atoms with E-state index >= 15 is 0 Å². The molecule has 0 aliphatic heterocycles. The van der Waals surface area contributed by atoms with Gasteiger partial charge in [0.15, 0.2) is 10.1 Å². The second-order valence-corrected chi connectivity index (χ2v) is 6.15. The molecule has 0 atom stereocenters. The first-order valence-electron chi connectivity index (χ1n) is 4.87. The lowest BCUT2D eigenvalue weighted by molar-refractivity contribution is 0.102. The number of carbonyl (C=O) groups excluding carboxylic acids is 1. The number of Topliss-reactive ketones (excluding diaryl/α,β-unsaturated/α-hetero) is 1. The van der Waals surface area contributed by atoms with E-state index < -0.39 is 0 Å². The second-order valence-electron chi connectivity index (χ2n) is 3.31. The molecule has 0 saturated heterocycles. The lowest BCUT2D eigenvalue weighted by Gasteiger charge is -1.99. The van der Waals surface area contributed by atoms with Gasteiger partial charge in [-0.3, -0.25) is 4.79 Å². The molecule has 0 aliphatic carbocycles. The minimum absolute atomic E-state index is 0.0466. The van der Waals surface area contributed by atoms with E-state index in [1.54, 1.807) is 24.3 Å². The fourth-order valence-electron chi connectivity index (χ4n) is 1.21. The molecule has 0 aliphatic rings. The van der Waals surface area contributed by atoms with Gasteiger partial charge in [-0.25, -0.2) is 0 Å². The minimum atomic E-state index is 0.0466. The third-order valence-corrected chi connectivity index (χ3v) is 4.19. The summed E-state index contributed by atoms with van der Waals surface area (Å²) in [6.45, 7) is 1.89. The normalized spacial score (nSPS) is 10.5. The fourth-order valence-corrected chi connectivity index (χ4v) is 3.11. The van der Waals surface area contributed by atoms with Gasteiger partial charge in [-0.15, -0.1) is 10.2 Å². The maximum atomic E-state index is 11.9. The average Bonchev–Trinajstić information content (AvgIpc) is 2.72. The molecule has 3 nitrogen and oxygen atoms in total. The average molecular weight is 285 g/mol. The van der Waals surface area contributed by atoms with E-state index in [1.165, 1.54) is 23.1 Å². The number of hydrogen-bond acceptors (Lipinski definition) is 5. The van der Waals surface area contributed by atoms with Crippen molar-refractivity contribution >= 4 is 40.5 Å². The lowest BCUT2D eigenvalue weighted by Crippen LogP contribution is -2.01. The first-order valence-corrected chi connectivity index (χ1v) is 7.05. The Bertz CT molecular complexity index is 542. The molecular formula is C11H9ClN2OS2. The molecule has 88 valence electrons. The molecule has 0 saturated carbocycles. The van der Waals surface area contributed by atoms with E-state index in [-0.39, 0.29) is 5.78 Å². The summed E-state index contributed by atoms with van der Waals surface area (Å²) in [5.41, 5.74) is 0.631. The van der Waals surface area contributed by atoms with Gasteiger partial charge in [0, 0.05) is 10.6 Å². The van der Waals surface area contributed by atoms with Crippen LogP contribution in [0.2, 0.25) is 5.02 Å². The molecule has 0 spiro atoms. The summed E-state index contributed by atoms with van der Waals surface area (Å²) >= 11 is 8.72. The molecular weight excluding hydrogens is 276 g/mol. The van der Waals surface area contributed by atoms with Crippen LogP contribution in [0.5, 0.6) is 0 Å². The SMILES string of the molecule is Cc1nnc(SCC(=O)c2cccc(Cl)c2)s1. The molecule has 0 N–H and O–H groups in total. The first-order chi connectivity index (χ1) is 8.15. The van der Waals surface area contributed by atoms with Crippen LogP contribution in [-0.4, -0.2) is 21.7 Å². The highest BCUT2D eigenvalue weighted by molar-refractivity contribution is 8.01. The van der Waals surface area contributed by atoms with Crippen LogP contribution in [0.1, 0.15) is 15.4 Å². The number of halogens is 1. The number of aromatic nitrogens is 2. The molecule has 0 unspecified atom stereocenters. The largest absolute Gasteiger partial charge is 0.293 e. The number of hydrogen-bond donors (Lipinski definition) is 0. The van der Waals surface area contributed by atoms with Crippen LogP contribution in [0.3, 0.4) is 0 Å². The molecule has 17 heavy (non-hydrogen) atoms. The maximum Gasteiger partial charge on any atom is 0.174 e. The molecule has 1 aromatic carbocycles. The van der Waals surface area contributed by atoms with Crippen molar-refractivity contribution in [2.24, 2.45) is 0 Å². The van der Waals surface area contributed by atoms with Gasteiger partial charge in [-0.1, -0.05) is 46.8 Å². The zero-order valence-electron chi connectivity index (χ0n) is 9.01. The molecule has 0 fully saturated rings. The Labute approximate surface area is 112 Å². The summed E-state index contributed by atoms with van der Waals surface area (Å²) < 4.78 is 0.817. The Balaban J connectivity index is 1.98. The number of nitrogens with zero attached hydrogens (tertiary/aromatic N) is 2. The minimum Gasteiger partial charge on any atom is -0.293 e. The molecule has 0 bridgehead atoms. The van der Waals surface area contributed by atoms with Crippen molar-refractivity contribution in [1.82, 2.24) is 10.2 Å². The number of thioether (sulfide) groups is 1. The first kappa shape index (κ1) is 12.5. The number of carbonyl (C=O) groups is 1. The number of rotatable bonds is 4. The van der Waals surface area contributed by atoms with Gasteiger partial charge >= 0.3 is 0 Å². The van der Waals surface area contributed by atoms with Crippen molar-refractivity contribution in [1.29, 1.82) is 0 Å². The maximum absolute atomic E-state index is 11.9. The van der Waals surface area contributed by atoms with Crippen LogP contribution in [-0.2, 0) is 0 Å². The van der Waals surface area contributed by atoms with Crippen molar-refractivity contribution in [2.75, 3.05) is 5.75 Å². The molecule has 1 aromatic heterocycles. The Hall–Kier alpha value is -0.910. The Kier molecular flexibility index (Phi) is 4.15. The molecule has 0 radical (unpaired) electrons. The van der Waals surface area contributed by atoms with Crippen LogP contribution in [0.15, 0.2) is 28.6 Å². The van der Waals surface area contributed by atoms with Crippen LogP contribution in [0, 0.1) is 6.92 Å². The fraction of sp³-hybridized carbons (Fsp3) is 0.182. The summed E-state index contributed by atoms with van der Waals surface area (Å²) in [5.74, 6) is 0.403. The van der Waals surface area contributed by atoms with Crippen molar-refractivity contribution < 1.29 is 4.79 Å². The Morgan fingerprint density at radius 3 is 2.94 bits per heavy atom. The highest BCUT2D eigenvalue weighted by Gasteiger charge is 2.09. The highest BCUT2D eigenvalue weighted by atomic mass is 35.5. The molecule has 1 heterocycles. The van der Waals surface area contributed by atoms with Crippen molar-refractivity contribution in [3.8, 4) is 0 Å². The third-order valence-electron chi connectivity index (χ3n) is 1.98. The highest BCUT2D eigenvalue weighted by Crippen LogP contribution is 2.23. The standard InChI is InChI=1S/C11H9ClN2OS2/c1-7-13-14-11(17-7)16-6-10(15)8-3-2-4-9(12)5-8/h2-5H,6H2,1H3. The summed E-state index contributed by atoms with van der Waals surface area (Å²) in [4.78, 5) is 11.9. The van der Waals surface area contributed by atoms with Gasteiger partial charge in [0.1, 0.15) is 5.01 Å². The smallest absolute Gasteiger partial charge is 0.174 e. The van der Waals surface area contributed by atoms with Gasteiger partial charge in [0.2, 0.25) is 0 Å². The topological polar surface area (TPSA) is 42.9 Å². The predicted octanol–water partition coefficient (Wildman–Crippen LogP) is 3.47. The molecule has 2 aromatic rings. The molecule has 2 rings (SSSR count). The van der Waals surface area contributed by atoms with E-state index in [0.29, 0.717) is 16.3 Å². The summed E-state index contributed by atoms with van der Waals surface area (Å²) in [6.07, 6.45) is 0. The zero-order valence-corrected chi connectivity index (χ0v) is 11.4. The van der Waals surface area contributed by atoms with Crippen molar-refractivity contribution in [2.45, 2.75) is 11.3 Å². The van der Waals surface area contributed by atoms with E-state index in [1.807, 2.05) is 6.92 Å². The van der Waals surface area contributed by atoms with Crippen molar-refractivity contribution in [3.05, 3.63) is 39.9 Å². The van der Waals surface area contributed by atoms with Gasteiger partial charge in [-0.05, 0) is 19.1 Å². The van der Waals surface area contributed by atoms with Gasteiger partial charge in [0.05, 0.1) is 5.75 Å². The second kappa shape index (κ2) is 5.62. The quantitative estimate of drug-likeness (QED) is 0.637. The number of benzene rings is 1. The predicted molar refractivity (Wildman–Crippen MR) is 71.2 cm³/mol. The monoisotopic (exact) mass is 284 g/mol. The van der Waals surface area contributed by atoms with E-state index in [2.05, 4.69) is 10.2 Å². The summed E-state index contributed by atoms with van der Waals surface area (Å²) in [7, 11) is 0. The summed E-state index contributed by atoms with van der Waals surface area (Å²) in [5, 5.41) is 9.33. The number of ketones is 1. The Morgan fingerprint density at radius 2 is 2.29 bits per heavy atom. The third kappa shape index (κ3) is 3.52. The lowest BCUT2D eigenvalue weighted by atomic mass is 10.1. The van der Waals surface area contributed by atoms with Crippen LogP contribution < -0.4 is 0 Å².